The molecule has 0 aromatic carbocycles. The number of rotatable bonds is 8. The summed E-state index contributed by atoms with van der Waals surface area (Å²) in [6, 6.07) is 0. The highest BCUT2D eigenvalue weighted by atomic mass is 16.6. The maximum Gasteiger partial charge on any atom is 0.167 e. The molecule has 1 rings (SSSR count). The van der Waals surface area contributed by atoms with Gasteiger partial charge in [-0.05, 0) is 51.2 Å². The molecule has 0 aliphatic carbocycles. The van der Waals surface area contributed by atoms with Gasteiger partial charge < -0.3 is 9.84 Å². The van der Waals surface area contributed by atoms with Crippen LogP contribution in [0.2, 0.25) is 0 Å². The van der Waals surface area contributed by atoms with Crippen molar-refractivity contribution in [3.63, 3.8) is 0 Å². The van der Waals surface area contributed by atoms with E-state index in [4.69, 9.17) is 4.74 Å². The van der Waals surface area contributed by atoms with Gasteiger partial charge in [-0.1, -0.05) is 31.9 Å². The van der Waals surface area contributed by atoms with Crippen molar-refractivity contribution < 1.29 is 14.6 Å². The lowest BCUT2D eigenvalue weighted by Crippen LogP contribution is -2.38. The molecule has 0 saturated heterocycles. The van der Waals surface area contributed by atoms with E-state index >= 15 is 0 Å². The van der Waals surface area contributed by atoms with Crippen LogP contribution < -0.4 is 0 Å². The molecule has 1 N–H and O–H groups in total. The number of carbonyl (C=O) groups excluding carboxylic acids is 1. The number of carbonyl (C=O) groups is 1. The predicted molar refractivity (Wildman–Crippen MR) is 81.4 cm³/mol. The predicted octanol–water partition coefficient (Wildman–Crippen LogP) is 3.92. The zero-order valence-electron chi connectivity index (χ0n) is 13.0. The van der Waals surface area contributed by atoms with Gasteiger partial charge in [-0.15, -0.1) is 0 Å². The Morgan fingerprint density at radius 3 is 2.85 bits per heavy atom. The Bertz CT molecular complexity index is 366. The van der Waals surface area contributed by atoms with Crippen molar-refractivity contribution >= 4 is 5.78 Å². The number of allylic oxidation sites excluding steroid dienone is 2. The minimum Gasteiger partial charge on any atom is -0.365 e. The van der Waals surface area contributed by atoms with Crippen LogP contribution in [0.4, 0.5) is 0 Å². The summed E-state index contributed by atoms with van der Waals surface area (Å²) < 4.78 is 5.61. The normalized spacial score (nSPS) is 26.8. The molecule has 3 heteroatoms. The van der Waals surface area contributed by atoms with Gasteiger partial charge in [0.25, 0.3) is 0 Å². The zero-order valence-corrected chi connectivity index (χ0v) is 13.0. The maximum absolute atomic E-state index is 11.5. The molecule has 1 aliphatic rings. The van der Waals surface area contributed by atoms with E-state index in [-0.39, 0.29) is 11.9 Å². The largest absolute Gasteiger partial charge is 0.365 e. The van der Waals surface area contributed by atoms with E-state index < -0.39 is 5.79 Å². The second kappa shape index (κ2) is 8.38. The molecule has 0 radical (unpaired) electrons. The van der Waals surface area contributed by atoms with E-state index in [1.54, 1.807) is 13.8 Å². The third-order valence-corrected chi connectivity index (χ3v) is 3.52. The molecular weight excluding hydrogens is 252 g/mol. The standard InChI is InChI=1S/C17H28O3/c1-4-5-6-7-8-9-10-11-16-12-15(14(2)18)13-17(3,19)20-16/h5-6,12,16,19H,4,7-11,13H2,1-3H3/b6-5+/t16-,17+/m1/s1. The molecule has 0 saturated carbocycles. The highest BCUT2D eigenvalue weighted by molar-refractivity contribution is 5.93. The summed E-state index contributed by atoms with van der Waals surface area (Å²) >= 11 is 0. The van der Waals surface area contributed by atoms with Gasteiger partial charge in [0.15, 0.2) is 11.6 Å². The third-order valence-electron chi connectivity index (χ3n) is 3.52. The number of ketones is 1. The van der Waals surface area contributed by atoms with E-state index in [1.807, 2.05) is 6.08 Å². The maximum atomic E-state index is 11.5. The average Bonchev–Trinajstić information content (AvgIpc) is 2.36. The fraction of sp³-hybridized carbons (Fsp3) is 0.706. The number of unbranched alkanes of at least 4 members (excludes halogenated alkanes) is 3. The highest BCUT2D eigenvalue weighted by Gasteiger charge is 2.32. The lowest BCUT2D eigenvalue weighted by atomic mass is 9.96. The SMILES string of the molecule is CC/C=C/CCCCC[C@@H]1C=C(C(C)=O)C[C@@](C)(O)O1. The van der Waals surface area contributed by atoms with Gasteiger partial charge >= 0.3 is 0 Å². The van der Waals surface area contributed by atoms with Gasteiger partial charge in [-0.2, -0.15) is 0 Å². The van der Waals surface area contributed by atoms with Crippen molar-refractivity contribution in [3.05, 3.63) is 23.8 Å². The summed E-state index contributed by atoms with van der Waals surface area (Å²) in [7, 11) is 0. The fourth-order valence-corrected chi connectivity index (χ4v) is 2.49. The van der Waals surface area contributed by atoms with Gasteiger partial charge in [0.2, 0.25) is 0 Å². The minimum absolute atomic E-state index is 0.0308. The van der Waals surface area contributed by atoms with Gasteiger partial charge in [0.05, 0.1) is 6.10 Å². The van der Waals surface area contributed by atoms with Gasteiger partial charge in [-0.25, -0.2) is 0 Å². The van der Waals surface area contributed by atoms with Crippen molar-refractivity contribution in [1.82, 2.24) is 0 Å². The van der Waals surface area contributed by atoms with Crippen molar-refractivity contribution in [2.24, 2.45) is 0 Å². The van der Waals surface area contributed by atoms with Crippen molar-refractivity contribution in [3.8, 4) is 0 Å². The summed E-state index contributed by atoms with van der Waals surface area (Å²) in [5, 5.41) is 10.0. The van der Waals surface area contributed by atoms with Crippen molar-refractivity contribution in [2.75, 3.05) is 0 Å². The molecule has 0 aromatic heterocycles. The van der Waals surface area contributed by atoms with Crippen LogP contribution in [0.25, 0.3) is 0 Å². The molecular formula is C17H28O3. The van der Waals surface area contributed by atoms with E-state index in [1.165, 1.54) is 6.42 Å². The van der Waals surface area contributed by atoms with Crippen LogP contribution in [0.3, 0.4) is 0 Å². The van der Waals surface area contributed by atoms with E-state index in [9.17, 15) is 9.90 Å². The first-order valence-electron chi connectivity index (χ1n) is 7.71. The highest BCUT2D eigenvalue weighted by Crippen LogP contribution is 2.29. The van der Waals surface area contributed by atoms with Crippen LogP contribution in [-0.2, 0) is 9.53 Å². The first-order valence-corrected chi connectivity index (χ1v) is 7.71. The van der Waals surface area contributed by atoms with Crippen LogP contribution in [-0.4, -0.2) is 22.8 Å². The Morgan fingerprint density at radius 1 is 1.45 bits per heavy atom. The summed E-state index contributed by atoms with van der Waals surface area (Å²) in [6.45, 7) is 5.32. The van der Waals surface area contributed by atoms with Crippen LogP contribution in [0.5, 0.6) is 0 Å². The van der Waals surface area contributed by atoms with Crippen LogP contribution in [0.15, 0.2) is 23.8 Å². The van der Waals surface area contributed by atoms with Gasteiger partial charge in [0, 0.05) is 6.42 Å². The molecule has 20 heavy (non-hydrogen) atoms. The minimum atomic E-state index is -1.20. The first-order chi connectivity index (χ1) is 9.44. The second-order valence-corrected chi connectivity index (χ2v) is 5.77. The monoisotopic (exact) mass is 280 g/mol. The Balaban J connectivity index is 2.33. The number of hydrogen-bond donors (Lipinski definition) is 1. The van der Waals surface area contributed by atoms with Crippen LogP contribution in [0, 0.1) is 0 Å². The fourth-order valence-electron chi connectivity index (χ4n) is 2.49. The number of aliphatic hydroxyl groups is 1. The number of ether oxygens (including phenoxy) is 1. The smallest absolute Gasteiger partial charge is 0.167 e. The number of hydrogen-bond acceptors (Lipinski definition) is 3. The summed E-state index contributed by atoms with van der Waals surface area (Å²) in [5.41, 5.74) is 0.692. The van der Waals surface area contributed by atoms with E-state index in [0.29, 0.717) is 12.0 Å². The summed E-state index contributed by atoms with van der Waals surface area (Å²) in [5.74, 6) is -1.17. The summed E-state index contributed by atoms with van der Waals surface area (Å²) in [6.07, 6.45) is 13.0. The van der Waals surface area contributed by atoms with Crippen molar-refractivity contribution in [2.45, 2.75) is 77.6 Å². The molecule has 2 atom stereocenters. The first kappa shape index (κ1) is 17.1. The number of Topliss-reactive ketones (excluding diaryl/α,β-unsaturated/α-hetero) is 1. The topological polar surface area (TPSA) is 46.5 Å². The second-order valence-electron chi connectivity index (χ2n) is 5.77. The third kappa shape index (κ3) is 6.49. The molecule has 0 bridgehead atoms. The van der Waals surface area contributed by atoms with Crippen LogP contribution >= 0.6 is 0 Å². The molecule has 0 unspecified atom stereocenters. The molecule has 0 spiro atoms. The van der Waals surface area contributed by atoms with Crippen molar-refractivity contribution in [1.29, 1.82) is 0 Å². The molecule has 0 aromatic rings. The molecule has 1 heterocycles. The average molecular weight is 280 g/mol. The molecule has 0 fully saturated rings. The Hall–Kier alpha value is -0.930. The molecule has 1 aliphatic heterocycles. The quantitative estimate of drug-likeness (QED) is 0.541. The van der Waals surface area contributed by atoms with Crippen LogP contribution in [0.1, 0.15) is 65.7 Å². The van der Waals surface area contributed by atoms with Gasteiger partial charge in [0.1, 0.15) is 0 Å². The Morgan fingerprint density at radius 2 is 2.20 bits per heavy atom. The summed E-state index contributed by atoms with van der Waals surface area (Å²) in [4.78, 5) is 11.5. The lowest BCUT2D eigenvalue weighted by molar-refractivity contribution is -0.214. The Kier molecular flexibility index (Phi) is 7.17. The molecule has 0 amide bonds. The van der Waals surface area contributed by atoms with E-state index in [0.717, 1.165) is 32.1 Å². The van der Waals surface area contributed by atoms with Gasteiger partial charge in [-0.3, -0.25) is 4.79 Å². The Labute approximate surface area is 122 Å². The zero-order chi connectivity index (χ0) is 15.0. The lowest BCUT2D eigenvalue weighted by Gasteiger charge is -2.33. The van der Waals surface area contributed by atoms with E-state index in [2.05, 4.69) is 19.1 Å². The molecule has 3 nitrogen and oxygen atoms in total. The molecule has 114 valence electrons.